The number of benzene rings is 2. The molecule has 2 N–H and O–H groups in total. The largest absolute Gasteiger partial charge is 0.378 e. The van der Waals surface area contributed by atoms with E-state index in [0.29, 0.717) is 10.7 Å². The Balaban J connectivity index is 1.90. The molecule has 8 heteroatoms. The van der Waals surface area contributed by atoms with E-state index in [4.69, 9.17) is 23.2 Å². The van der Waals surface area contributed by atoms with Crippen LogP contribution >= 0.6 is 23.2 Å². The van der Waals surface area contributed by atoms with Crippen LogP contribution in [0.2, 0.25) is 10.0 Å². The number of carbonyl (C=O) groups excluding carboxylic acids is 2. The van der Waals surface area contributed by atoms with Gasteiger partial charge in [0.1, 0.15) is 0 Å². The van der Waals surface area contributed by atoms with Crippen molar-refractivity contribution < 1.29 is 9.59 Å². The van der Waals surface area contributed by atoms with Crippen LogP contribution in [0.25, 0.3) is 0 Å². The molecule has 2 amide bonds. The molecule has 0 heterocycles. The van der Waals surface area contributed by atoms with Gasteiger partial charge in [0.05, 0.1) is 16.3 Å². The van der Waals surface area contributed by atoms with Crippen molar-refractivity contribution in [2.75, 3.05) is 24.3 Å². The third-order valence-corrected chi connectivity index (χ3v) is 3.91. The minimum absolute atomic E-state index is 0.277. The van der Waals surface area contributed by atoms with Crippen LogP contribution in [0.15, 0.2) is 47.6 Å². The van der Waals surface area contributed by atoms with E-state index in [1.54, 1.807) is 0 Å². The number of rotatable bonds is 4. The molecule has 0 bridgehead atoms. The van der Waals surface area contributed by atoms with E-state index in [-0.39, 0.29) is 5.02 Å². The maximum absolute atomic E-state index is 11.8. The van der Waals surface area contributed by atoms with Gasteiger partial charge in [-0.05, 0) is 35.9 Å². The van der Waals surface area contributed by atoms with Gasteiger partial charge >= 0.3 is 11.8 Å². The molecule has 0 atom stereocenters. The van der Waals surface area contributed by atoms with Crippen molar-refractivity contribution in [3.8, 4) is 0 Å². The highest BCUT2D eigenvalue weighted by atomic mass is 35.5. The maximum atomic E-state index is 11.8. The first-order valence-electron chi connectivity index (χ1n) is 7.23. The standard InChI is InChI=1S/C17H16Cl2N4O2/c1-23(2)13-6-3-11(4-7-13)10-20-22-17(25)16(24)21-12-5-8-14(18)15(19)9-12/h3-10H,1-2H3,(H,21,24)(H,22,25)/b20-10-. The molecule has 0 aliphatic heterocycles. The quantitative estimate of drug-likeness (QED) is 0.487. The summed E-state index contributed by atoms with van der Waals surface area (Å²) in [6.07, 6.45) is 1.45. The Morgan fingerprint density at radius 3 is 2.28 bits per heavy atom. The van der Waals surface area contributed by atoms with Gasteiger partial charge in [-0.25, -0.2) is 5.43 Å². The van der Waals surface area contributed by atoms with E-state index in [1.807, 2.05) is 43.3 Å². The average molecular weight is 379 g/mol. The molecule has 0 aliphatic rings. The molecule has 130 valence electrons. The van der Waals surface area contributed by atoms with Crippen molar-refractivity contribution in [2.45, 2.75) is 0 Å². The summed E-state index contributed by atoms with van der Waals surface area (Å²) in [6, 6.07) is 12.0. The minimum Gasteiger partial charge on any atom is -0.378 e. The Morgan fingerprint density at radius 1 is 1.00 bits per heavy atom. The molecule has 0 unspecified atom stereocenters. The Hall–Kier alpha value is -2.57. The molecule has 2 rings (SSSR count). The van der Waals surface area contributed by atoms with E-state index in [2.05, 4.69) is 15.8 Å². The van der Waals surface area contributed by atoms with E-state index in [0.717, 1.165) is 11.3 Å². The fourth-order valence-corrected chi connectivity index (χ4v) is 2.13. The summed E-state index contributed by atoms with van der Waals surface area (Å²) in [5.74, 6) is -1.76. The van der Waals surface area contributed by atoms with E-state index in [1.165, 1.54) is 24.4 Å². The van der Waals surface area contributed by atoms with Crippen LogP contribution < -0.4 is 15.6 Å². The fourth-order valence-electron chi connectivity index (χ4n) is 1.84. The van der Waals surface area contributed by atoms with Crippen molar-refractivity contribution in [3.05, 3.63) is 58.1 Å². The third kappa shape index (κ3) is 5.48. The third-order valence-electron chi connectivity index (χ3n) is 3.17. The van der Waals surface area contributed by atoms with Crippen molar-refractivity contribution >= 4 is 52.6 Å². The summed E-state index contributed by atoms with van der Waals surface area (Å²) < 4.78 is 0. The summed E-state index contributed by atoms with van der Waals surface area (Å²) in [5, 5.41) is 6.80. The lowest BCUT2D eigenvalue weighted by molar-refractivity contribution is -0.136. The summed E-state index contributed by atoms with van der Waals surface area (Å²) in [5.41, 5.74) is 4.35. The summed E-state index contributed by atoms with van der Waals surface area (Å²) >= 11 is 11.6. The van der Waals surface area contributed by atoms with Crippen molar-refractivity contribution in [1.82, 2.24) is 5.43 Å². The van der Waals surface area contributed by atoms with Crippen molar-refractivity contribution in [2.24, 2.45) is 5.10 Å². The van der Waals surface area contributed by atoms with Gasteiger partial charge < -0.3 is 10.2 Å². The first kappa shape index (κ1) is 18.8. The number of anilines is 2. The Kier molecular flexibility index (Phi) is 6.38. The Labute approximate surface area is 155 Å². The van der Waals surface area contributed by atoms with Gasteiger partial charge in [0, 0.05) is 25.5 Å². The lowest BCUT2D eigenvalue weighted by atomic mass is 10.2. The van der Waals surface area contributed by atoms with Crippen LogP contribution in [0.3, 0.4) is 0 Å². The lowest BCUT2D eigenvalue weighted by Crippen LogP contribution is -2.32. The van der Waals surface area contributed by atoms with Crippen molar-refractivity contribution in [3.63, 3.8) is 0 Å². The van der Waals surface area contributed by atoms with Gasteiger partial charge in [-0.15, -0.1) is 0 Å². The molecule has 0 saturated heterocycles. The number of halogens is 2. The molecule has 0 spiro atoms. The van der Waals surface area contributed by atoms with E-state index < -0.39 is 11.8 Å². The zero-order chi connectivity index (χ0) is 18.4. The number of hydrogen-bond acceptors (Lipinski definition) is 4. The SMILES string of the molecule is CN(C)c1ccc(/C=N\NC(=O)C(=O)Nc2ccc(Cl)c(Cl)c2)cc1. The topological polar surface area (TPSA) is 73.8 Å². The van der Waals surface area contributed by atoms with Gasteiger partial charge in [0.2, 0.25) is 0 Å². The first-order valence-corrected chi connectivity index (χ1v) is 7.99. The molecule has 0 fully saturated rings. The maximum Gasteiger partial charge on any atom is 0.329 e. The number of hydrazone groups is 1. The predicted octanol–water partition coefficient (Wildman–Crippen LogP) is 3.15. The molecule has 25 heavy (non-hydrogen) atoms. The highest BCUT2D eigenvalue weighted by molar-refractivity contribution is 6.42. The normalized spacial score (nSPS) is 10.6. The van der Waals surface area contributed by atoms with Gasteiger partial charge in [0.15, 0.2) is 0 Å². The summed E-state index contributed by atoms with van der Waals surface area (Å²) in [4.78, 5) is 25.5. The smallest absolute Gasteiger partial charge is 0.329 e. The fraction of sp³-hybridized carbons (Fsp3) is 0.118. The van der Waals surface area contributed by atoms with Crippen LogP contribution in [0.1, 0.15) is 5.56 Å². The second-order valence-electron chi connectivity index (χ2n) is 5.27. The Bertz CT molecular complexity index is 805. The molecule has 2 aromatic rings. The molecular weight excluding hydrogens is 363 g/mol. The molecule has 6 nitrogen and oxygen atoms in total. The number of amides is 2. The highest BCUT2D eigenvalue weighted by Crippen LogP contribution is 2.24. The van der Waals surface area contributed by atoms with E-state index >= 15 is 0 Å². The number of carbonyl (C=O) groups is 2. The molecular formula is C17H16Cl2N4O2. The predicted molar refractivity (Wildman–Crippen MR) is 102 cm³/mol. The van der Waals surface area contributed by atoms with E-state index in [9.17, 15) is 9.59 Å². The van der Waals surface area contributed by atoms with Gasteiger partial charge in [-0.2, -0.15) is 5.10 Å². The average Bonchev–Trinajstić information content (AvgIpc) is 2.58. The minimum atomic E-state index is -0.896. The highest BCUT2D eigenvalue weighted by Gasteiger charge is 2.13. The van der Waals surface area contributed by atoms with Gasteiger partial charge in [0.25, 0.3) is 0 Å². The number of hydrogen-bond donors (Lipinski definition) is 2. The summed E-state index contributed by atoms with van der Waals surface area (Å²) in [6.45, 7) is 0. The van der Waals surface area contributed by atoms with Crippen molar-refractivity contribution in [1.29, 1.82) is 0 Å². The number of nitrogens with one attached hydrogen (secondary N) is 2. The Morgan fingerprint density at radius 2 is 1.68 bits per heavy atom. The zero-order valence-corrected chi connectivity index (χ0v) is 15.1. The molecule has 0 saturated carbocycles. The molecule has 0 radical (unpaired) electrons. The lowest BCUT2D eigenvalue weighted by Gasteiger charge is -2.11. The van der Waals surface area contributed by atoms with Gasteiger partial charge in [-0.1, -0.05) is 35.3 Å². The second kappa shape index (κ2) is 8.50. The van der Waals surface area contributed by atoms with Crippen LogP contribution in [0.5, 0.6) is 0 Å². The number of nitrogens with zero attached hydrogens (tertiary/aromatic N) is 2. The molecule has 0 aromatic heterocycles. The first-order chi connectivity index (χ1) is 11.9. The van der Waals surface area contributed by atoms with Crippen LogP contribution in [0, 0.1) is 0 Å². The second-order valence-corrected chi connectivity index (χ2v) is 6.08. The van der Waals surface area contributed by atoms with Crippen LogP contribution in [-0.4, -0.2) is 32.1 Å². The molecule has 2 aromatic carbocycles. The van der Waals surface area contributed by atoms with Gasteiger partial charge in [-0.3, -0.25) is 9.59 Å². The zero-order valence-electron chi connectivity index (χ0n) is 13.6. The molecule has 0 aliphatic carbocycles. The monoisotopic (exact) mass is 378 g/mol. The van der Waals surface area contributed by atoms with Crippen LogP contribution in [-0.2, 0) is 9.59 Å². The summed E-state index contributed by atoms with van der Waals surface area (Å²) in [7, 11) is 3.88. The van der Waals surface area contributed by atoms with Crippen LogP contribution in [0.4, 0.5) is 11.4 Å².